The minimum absolute atomic E-state index is 0.0952. The lowest BCUT2D eigenvalue weighted by Crippen LogP contribution is -2.29. The molecular formula is C20H17ClF3N7O3S. The molecular weight excluding hydrogens is 511 g/mol. The summed E-state index contributed by atoms with van der Waals surface area (Å²) in [7, 11) is 1.48. The minimum Gasteiger partial charge on any atom is -0.406 e. The molecule has 2 heterocycles. The van der Waals surface area contributed by atoms with E-state index in [2.05, 4.69) is 25.1 Å². The second kappa shape index (κ2) is 10.3. The van der Waals surface area contributed by atoms with E-state index in [-0.39, 0.29) is 27.8 Å². The number of nitrogens with zero attached hydrogens (tertiary/aromatic N) is 6. The maximum atomic E-state index is 12.7. The molecule has 0 radical (unpaired) electrons. The summed E-state index contributed by atoms with van der Waals surface area (Å²) < 4.78 is 42.9. The van der Waals surface area contributed by atoms with E-state index in [0.717, 1.165) is 23.5 Å². The Morgan fingerprint density at radius 1 is 1.37 bits per heavy atom. The molecule has 1 N–H and O–H groups in total. The third kappa shape index (κ3) is 6.46. The number of carbonyl (C=O) groups excluding carboxylic acids is 2. The van der Waals surface area contributed by atoms with Crippen molar-refractivity contribution >= 4 is 34.8 Å². The Morgan fingerprint density at radius 2 is 2.09 bits per heavy atom. The predicted octanol–water partition coefficient (Wildman–Crippen LogP) is 3.67. The molecule has 0 aliphatic carbocycles. The first kappa shape index (κ1) is 25.9. The van der Waals surface area contributed by atoms with Crippen LogP contribution in [-0.2, 0) is 0 Å². The molecule has 0 bridgehead atoms. The highest BCUT2D eigenvalue weighted by Gasteiger charge is 2.31. The lowest BCUT2D eigenvalue weighted by Gasteiger charge is -2.15. The Hall–Kier alpha value is -3.70. The Bertz CT molecular complexity index is 1300. The van der Waals surface area contributed by atoms with Crippen molar-refractivity contribution in [3.05, 3.63) is 51.5 Å². The van der Waals surface area contributed by atoms with Gasteiger partial charge in [0.25, 0.3) is 11.8 Å². The average molecular weight is 528 g/mol. The summed E-state index contributed by atoms with van der Waals surface area (Å²) in [6.45, 7) is 3.12. The molecule has 10 nitrogen and oxygen atoms in total. The maximum absolute atomic E-state index is 12.7. The van der Waals surface area contributed by atoms with E-state index in [1.807, 2.05) is 6.07 Å². The van der Waals surface area contributed by atoms with Crippen molar-refractivity contribution in [2.75, 3.05) is 13.6 Å². The normalized spacial score (nSPS) is 12.1. The summed E-state index contributed by atoms with van der Waals surface area (Å²) in [5.74, 6) is -1.14. The zero-order chi connectivity index (χ0) is 25.9. The van der Waals surface area contributed by atoms with Crippen LogP contribution in [-0.4, -0.2) is 56.4 Å². The number of halogens is 4. The van der Waals surface area contributed by atoms with Gasteiger partial charge in [-0.1, -0.05) is 22.9 Å². The van der Waals surface area contributed by atoms with Crippen molar-refractivity contribution < 1.29 is 27.5 Å². The van der Waals surface area contributed by atoms with Crippen LogP contribution in [0.4, 0.5) is 13.2 Å². The van der Waals surface area contributed by atoms with Crippen LogP contribution in [0.1, 0.15) is 44.6 Å². The first-order valence-corrected chi connectivity index (χ1v) is 11.0. The van der Waals surface area contributed by atoms with Crippen molar-refractivity contribution in [1.82, 2.24) is 30.0 Å². The molecule has 2 amide bonds. The van der Waals surface area contributed by atoms with Crippen LogP contribution < -0.4 is 10.1 Å². The SMILES string of the molecule is Cc1nc([C@H](C)NC(=O)c2cc(Cl)cc(OC(F)(F)F)c2)n(-c2ncc(C(=O)N(C)CC#N)s2)n1. The van der Waals surface area contributed by atoms with Crippen LogP contribution in [0.15, 0.2) is 24.4 Å². The monoisotopic (exact) mass is 527 g/mol. The van der Waals surface area contributed by atoms with Crippen LogP contribution in [0.2, 0.25) is 5.02 Å². The molecule has 0 spiro atoms. The van der Waals surface area contributed by atoms with Crippen molar-refractivity contribution in [2.45, 2.75) is 26.3 Å². The molecule has 35 heavy (non-hydrogen) atoms. The number of nitriles is 1. The first-order valence-electron chi connectivity index (χ1n) is 9.77. The van der Waals surface area contributed by atoms with Crippen LogP contribution in [0.25, 0.3) is 5.13 Å². The molecule has 0 saturated heterocycles. The maximum Gasteiger partial charge on any atom is 0.573 e. The zero-order valence-electron chi connectivity index (χ0n) is 18.4. The number of carbonyl (C=O) groups is 2. The van der Waals surface area contributed by atoms with Gasteiger partial charge >= 0.3 is 6.36 Å². The van der Waals surface area contributed by atoms with Gasteiger partial charge in [0.15, 0.2) is 5.82 Å². The van der Waals surface area contributed by atoms with Gasteiger partial charge in [-0.05, 0) is 32.0 Å². The number of benzene rings is 1. The van der Waals surface area contributed by atoms with E-state index in [4.69, 9.17) is 16.9 Å². The molecule has 15 heteroatoms. The first-order chi connectivity index (χ1) is 16.4. The second-order valence-corrected chi connectivity index (χ2v) is 8.62. The highest BCUT2D eigenvalue weighted by atomic mass is 35.5. The van der Waals surface area contributed by atoms with Gasteiger partial charge < -0.3 is 15.0 Å². The Morgan fingerprint density at radius 3 is 2.74 bits per heavy atom. The molecule has 0 aliphatic rings. The van der Waals surface area contributed by atoms with Gasteiger partial charge in [0.2, 0.25) is 5.13 Å². The van der Waals surface area contributed by atoms with E-state index in [0.29, 0.717) is 11.0 Å². The number of hydrogen-bond acceptors (Lipinski definition) is 8. The number of aryl methyl sites for hydroxylation is 1. The number of alkyl halides is 3. The number of hydrogen-bond donors (Lipinski definition) is 1. The van der Waals surface area contributed by atoms with Crippen LogP contribution >= 0.6 is 22.9 Å². The van der Waals surface area contributed by atoms with E-state index in [1.54, 1.807) is 13.8 Å². The number of ether oxygens (including phenoxy) is 1. The van der Waals surface area contributed by atoms with E-state index >= 15 is 0 Å². The van der Waals surface area contributed by atoms with Crippen molar-refractivity contribution in [1.29, 1.82) is 5.26 Å². The van der Waals surface area contributed by atoms with Crippen molar-refractivity contribution in [2.24, 2.45) is 0 Å². The van der Waals surface area contributed by atoms with Crippen LogP contribution in [0.3, 0.4) is 0 Å². The summed E-state index contributed by atoms with van der Waals surface area (Å²) >= 11 is 6.86. The molecule has 2 aromatic heterocycles. The number of rotatable bonds is 7. The molecule has 1 atom stereocenters. The Kier molecular flexibility index (Phi) is 7.61. The van der Waals surface area contributed by atoms with Gasteiger partial charge in [0.1, 0.15) is 23.0 Å². The van der Waals surface area contributed by atoms with Gasteiger partial charge in [0.05, 0.1) is 18.3 Å². The van der Waals surface area contributed by atoms with E-state index in [1.165, 1.54) is 28.9 Å². The largest absolute Gasteiger partial charge is 0.573 e. The minimum atomic E-state index is -4.95. The van der Waals surface area contributed by atoms with Gasteiger partial charge in [-0.2, -0.15) is 9.94 Å². The second-order valence-electron chi connectivity index (χ2n) is 7.17. The summed E-state index contributed by atoms with van der Waals surface area (Å²) in [5, 5.41) is 15.8. The quantitative estimate of drug-likeness (QED) is 0.464. The molecule has 3 aromatic rings. The molecule has 3 rings (SSSR count). The zero-order valence-corrected chi connectivity index (χ0v) is 20.0. The highest BCUT2D eigenvalue weighted by molar-refractivity contribution is 7.16. The fraction of sp³-hybridized carbons (Fsp3) is 0.300. The summed E-state index contributed by atoms with van der Waals surface area (Å²) in [6, 6.07) is 4.16. The molecule has 0 fully saturated rings. The molecule has 1 aromatic carbocycles. The smallest absolute Gasteiger partial charge is 0.406 e. The summed E-state index contributed by atoms with van der Waals surface area (Å²) in [6.07, 6.45) is -3.61. The lowest BCUT2D eigenvalue weighted by atomic mass is 10.2. The number of nitrogens with one attached hydrogen (secondary N) is 1. The highest BCUT2D eigenvalue weighted by Crippen LogP contribution is 2.28. The fourth-order valence-electron chi connectivity index (χ4n) is 2.91. The lowest BCUT2D eigenvalue weighted by molar-refractivity contribution is -0.274. The van der Waals surface area contributed by atoms with E-state index in [9.17, 15) is 22.8 Å². The fourth-order valence-corrected chi connectivity index (χ4v) is 4.01. The summed E-state index contributed by atoms with van der Waals surface area (Å²) in [4.78, 5) is 35.1. The predicted molar refractivity (Wildman–Crippen MR) is 118 cm³/mol. The third-order valence-corrected chi connectivity index (χ3v) is 5.56. The molecule has 0 unspecified atom stereocenters. The van der Waals surface area contributed by atoms with Crippen LogP contribution in [0.5, 0.6) is 5.75 Å². The van der Waals surface area contributed by atoms with E-state index < -0.39 is 30.0 Å². The van der Waals surface area contributed by atoms with Gasteiger partial charge in [0, 0.05) is 17.6 Å². The summed E-state index contributed by atoms with van der Waals surface area (Å²) in [5.41, 5.74) is -0.158. The molecule has 0 saturated carbocycles. The molecule has 0 aliphatic heterocycles. The molecule has 184 valence electrons. The van der Waals surface area contributed by atoms with Crippen molar-refractivity contribution in [3.63, 3.8) is 0 Å². The Labute approximate surface area is 205 Å². The van der Waals surface area contributed by atoms with Gasteiger partial charge in [-0.25, -0.2) is 9.97 Å². The average Bonchev–Trinajstić information content (AvgIpc) is 3.38. The van der Waals surface area contributed by atoms with Crippen molar-refractivity contribution in [3.8, 4) is 17.0 Å². The number of aromatic nitrogens is 4. The van der Waals surface area contributed by atoms with Crippen LogP contribution in [0, 0.1) is 18.3 Å². The standard InChI is InChI=1S/C20H17ClF3N7O3S/c1-10(27-17(32)12-6-13(21)8-14(7-12)34-20(22,23)24)16-28-11(2)29-31(16)19-26-9-15(35-19)18(33)30(3)5-4-25/h6-10H,5H2,1-3H3,(H,27,32)/t10-/m0/s1. The van der Waals surface area contributed by atoms with Gasteiger partial charge in [-0.3, -0.25) is 9.59 Å². The number of thiazole rings is 1. The third-order valence-electron chi connectivity index (χ3n) is 4.38. The van der Waals surface area contributed by atoms with Gasteiger partial charge in [-0.15, -0.1) is 18.3 Å². The number of amides is 2. The Balaban J connectivity index is 1.83. The topological polar surface area (TPSA) is 126 Å².